The van der Waals surface area contributed by atoms with Crippen molar-refractivity contribution in [3.8, 4) is 0 Å². The van der Waals surface area contributed by atoms with E-state index in [4.69, 9.17) is 0 Å². The van der Waals surface area contributed by atoms with Crippen LogP contribution in [0.2, 0.25) is 0 Å². The lowest BCUT2D eigenvalue weighted by Gasteiger charge is -2.30. The Bertz CT molecular complexity index is 641. The maximum absolute atomic E-state index is 3.18. The van der Waals surface area contributed by atoms with E-state index < -0.39 is 0 Å². The molecule has 0 aliphatic carbocycles. The van der Waals surface area contributed by atoms with Crippen molar-refractivity contribution in [2.45, 2.75) is 33.7 Å². The Morgan fingerprint density at radius 1 is 0.958 bits per heavy atom. The Morgan fingerprint density at radius 2 is 1.62 bits per heavy atom. The van der Waals surface area contributed by atoms with Crippen LogP contribution in [0.25, 0.3) is 5.57 Å². The van der Waals surface area contributed by atoms with Crippen LogP contribution in [-0.2, 0) is 6.54 Å². The quantitative estimate of drug-likeness (QED) is 0.807. The van der Waals surface area contributed by atoms with Crippen LogP contribution in [0, 0.1) is 0 Å². The summed E-state index contributed by atoms with van der Waals surface area (Å²) in [7, 11) is 1.96. The highest BCUT2D eigenvalue weighted by Crippen LogP contribution is 2.28. The zero-order valence-corrected chi connectivity index (χ0v) is 15.5. The molecule has 0 spiro atoms. The summed E-state index contributed by atoms with van der Waals surface area (Å²) < 4.78 is 0. The summed E-state index contributed by atoms with van der Waals surface area (Å²) >= 11 is 0. The third kappa shape index (κ3) is 4.72. The number of hydrogen-bond acceptors (Lipinski definition) is 2. The molecule has 2 aromatic rings. The lowest BCUT2D eigenvalue weighted by atomic mass is 9.94. The summed E-state index contributed by atoms with van der Waals surface area (Å²) in [5.74, 6) is 0. The van der Waals surface area contributed by atoms with Crippen LogP contribution in [0.15, 0.2) is 60.2 Å². The van der Waals surface area contributed by atoms with Crippen LogP contribution in [0.1, 0.15) is 38.3 Å². The zero-order valence-electron chi connectivity index (χ0n) is 15.5. The minimum Gasteiger partial charge on any atom is -0.388 e. The van der Waals surface area contributed by atoms with Crippen molar-refractivity contribution < 1.29 is 0 Å². The highest BCUT2D eigenvalue weighted by atomic mass is 15.1. The maximum Gasteiger partial charge on any atom is 0.0337 e. The van der Waals surface area contributed by atoms with Crippen LogP contribution in [0.3, 0.4) is 0 Å². The minimum atomic E-state index is 1.03. The van der Waals surface area contributed by atoms with Gasteiger partial charge in [-0.2, -0.15) is 0 Å². The molecular formula is C22H30N2. The maximum atomic E-state index is 3.18. The summed E-state index contributed by atoms with van der Waals surface area (Å²) in [6.07, 6.45) is 1.16. The number of hydrogen-bond donors (Lipinski definition) is 1. The van der Waals surface area contributed by atoms with Gasteiger partial charge in [-0.1, -0.05) is 61.9 Å². The monoisotopic (exact) mass is 322 g/mol. The van der Waals surface area contributed by atoms with Gasteiger partial charge in [0.25, 0.3) is 0 Å². The van der Waals surface area contributed by atoms with E-state index in [0.717, 1.165) is 26.1 Å². The van der Waals surface area contributed by atoms with Gasteiger partial charge in [-0.05, 0) is 42.2 Å². The van der Waals surface area contributed by atoms with Crippen molar-refractivity contribution in [2.24, 2.45) is 0 Å². The molecule has 1 heterocycles. The third-order valence-corrected chi connectivity index (χ3v) is 4.47. The van der Waals surface area contributed by atoms with Crippen LogP contribution >= 0.6 is 0 Å². The molecular weight excluding hydrogens is 292 g/mol. The molecule has 2 aromatic carbocycles. The van der Waals surface area contributed by atoms with Crippen molar-refractivity contribution in [1.82, 2.24) is 4.90 Å². The highest BCUT2D eigenvalue weighted by Gasteiger charge is 2.17. The number of rotatable bonds is 4. The number of anilines is 1. The molecule has 0 atom stereocenters. The number of nitrogens with zero attached hydrogens (tertiary/aromatic N) is 1. The summed E-state index contributed by atoms with van der Waals surface area (Å²) in [6.45, 7) is 9.51. The summed E-state index contributed by atoms with van der Waals surface area (Å²) in [4.78, 5) is 2.55. The van der Waals surface area contributed by atoms with Crippen LogP contribution in [0.4, 0.5) is 5.69 Å². The molecule has 0 radical (unpaired) electrons. The van der Waals surface area contributed by atoms with Crippen molar-refractivity contribution in [1.29, 1.82) is 0 Å². The van der Waals surface area contributed by atoms with Gasteiger partial charge in [-0.3, -0.25) is 4.90 Å². The van der Waals surface area contributed by atoms with Crippen molar-refractivity contribution in [3.05, 3.63) is 71.3 Å². The van der Waals surface area contributed by atoms with E-state index >= 15 is 0 Å². The lowest BCUT2D eigenvalue weighted by molar-refractivity contribution is 0.292. The first-order chi connectivity index (χ1) is 11.8. The largest absolute Gasteiger partial charge is 0.388 e. The smallest absolute Gasteiger partial charge is 0.0337 e. The van der Waals surface area contributed by atoms with E-state index in [-0.39, 0.29) is 0 Å². The Hall–Kier alpha value is -2.06. The molecule has 2 nitrogen and oxygen atoms in total. The SMILES string of the molecule is CC.CNc1ccc(C2=C(C)CCN(Cc3ccccc3)C2)cc1. The molecule has 0 unspecified atom stereocenters. The molecule has 2 heteroatoms. The molecule has 0 aromatic heterocycles. The summed E-state index contributed by atoms with van der Waals surface area (Å²) in [6, 6.07) is 19.5. The van der Waals surface area contributed by atoms with E-state index in [1.54, 1.807) is 0 Å². The van der Waals surface area contributed by atoms with Gasteiger partial charge in [-0.15, -0.1) is 0 Å². The zero-order chi connectivity index (χ0) is 17.4. The molecule has 0 bridgehead atoms. The first-order valence-electron chi connectivity index (χ1n) is 8.99. The number of benzene rings is 2. The second kappa shape index (κ2) is 9.29. The molecule has 1 N–H and O–H groups in total. The molecule has 24 heavy (non-hydrogen) atoms. The van der Waals surface area contributed by atoms with Gasteiger partial charge >= 0.3 is 0 Å². The number of nitrogens with one attached hydrogen (secondary N) is 1. The van der Waals surface area contributed by atoms with Crippen molar-refractivity contribution >= 4 is 11.3 Å². The predicted octanol–water partition coefficient (Wildman–Crippen LogP) is 5.43. The molecule has 0 saturated heterocycles. The van der Waals surface area contributed by atoms with Gasteiger partial charge < -0.3 is 5.32 Å². The first kappa shape index (κ1) is 18.3. The standard InChI is InChI=1S/C20H24N2.C2H6/c1-16-12-13-22(14-17-6-4-3-5-7-17)15-20(16)18-8-10-19(21-2)11-9-18;1-2/h3-11,21H,12-15H2,1-2H3;1-2H3. The predicted molar refractivity (Wildman–Crippen MR) is 106 cm³/mol. The second-order valence-corrected chi connectivity index (χ2v) is 6.03. The molecule has 3 rings (SSSR count). The fraction of sp³-hybridized carbons (Fsp3) is 0.364. The molecule has 128 valence electrons. The Kier molecular flexibility index (Phi) is 7.07. The van der Waals surface area contributed by atoms with E-state index in [0.29, 0.717) is 0 Å². The molecule has 1 aliphatic heterocycles. The van der Waals surface area contributed by atoms with Gasteiger partial charge in [0.1, 0.15) is 0 Å². The second-order valence-electron chi connectivity index (χ2n) is 6.03. The molecule has 0 saturated carbocycles. The van der Waals surface area contributed by atoms with E-state index in [2.05, 4.69) is 71.7 Å². The average molecular weight is 322 g/mol. The lowest BCUT2D eigenvalue weighted by Crippen LogP contribution is -2.30. The van der Waals surface area contributed by atoms with Gasteiger partial charge in [0, 0.05) is 32.4 Å². The van der Waals surface area contributed by atoms with E-state index in [9.17, 15) is 0 Å². The minimum absolute atomic E-state index is 1.03. The fourth-order valence-electron chi connectivity index (χ4n) is 3.07. The van der Waals surface area contributed by atoms with E-state index in [1.807, 2.05) is 20.9 Å². The van der Waals surface area contributed by atoms with Gasteiger partial charge in [0.2, 0.25) is 0 Å². The molecule has 1 aliphatic rings. The Balaban J connectivity index is 0.00000100. The summed E-state index contributed by atoms with van der Waals surface area (Å²) in [5, 5.41) is 3.18. The fourth-order valence-corrected chi connectivity index (χ4v) is 3.07. The Labute approximate surface area is 147 Å². The first-order valence-corrected chi connectivity index (χ1v) is 8.99. The molecule has 0 fully saturated rings. The summed E-state index contributed by atoms with van der Waals surface area (Å²) in [5.41, 5.74) is 6.94. The van der Waals surface area contributed by atoms with Gasteiger partial charge in [0.05, 0.1) is 0 Å². The highest BCUT2D eigenvalue weighted by molar-refractivity contribution is 5.71. The van der Waals surface area contributed by atoms with Crippen LogP contribution in [0.5, 0.6) is 0 Å². The average Bonchev–Trinajstić information content (AvgIpc) is 2.66. The van der Waals surface area contributed by atoms with Crippen LogP contribution < -0.4 is 5.32 Å². The third-order valence-electron chi connectivity index (χ3n) is 4.47. The normalized spacial score (nSPS) is 14.8. The van der Waals surface area contributed by atoms with Crippen LogP contribution in [-0.4, -0.2) is 25.0 Å². The van der Waals surface area contributed by atoms with Gasteiger partial charge in [-0.25, -0.2) is 0 Å². The van der Waals surface area contributed by atoms with Crippen molar-refractivity contribution in [3.63, 3.8) is 0 Å². The Morgan fingerprint density at radius 3 is 2.25 bits per heavy atom. The van der Waals surface area contributed by atoms with Gasteiger partial charge in [0.15, 0.2) is 0 Å². The van der Waals surface area contributed by atoms with Crippen molar-refractivity contribution in [2.75, 3.05) is 25.5 Å². The molecule has 0 amide bonds. The topological polar surface area (TPSA) is 15.3 Å². The van der Waals surface area contributed by atoms with E-state index in [1.165, 1.54) is 28.0 Å².